The largest absolute Gasteiger partial charge is 0.367 e. The molecular weight excluding hydrogens is 362 g/mol. The summed E-state index contributed by atoms with van der Waals surface area (Å²) in [6.45, 7) is 5.61. The van der Waals surface area contributed by atoms with Crippen LogP contribution in [0.4, 0.5) is 11.6 Å². The molecule has 0 radical (unpaired) electrons. The molecule has 0 bridgehead atoms. The van der Waals surface area contributed by atoms with Crippen molar-refractivity contribution >= 4 is 21.7 Å². The average molecular weight is 388 g/mol. The number of hydrogen-bond donors (Lipinski definition) is 2. The van der Waals surface area contributed by atoms with E-state index in [2.05, 4.69) is 29.0 Å². The van der Waals surface area contributed by atoms with Gasteiger partial charge in [0, 0.05) is 31.1 Å². The number of nitrogens with zero attached hydrogens (tertiary/aromatic N) is 3. The molecule has 8 heteroatoms. The Hall–Kier alpha value is -2.19. The molecule has 7 nitrogen and oxygen atoms in total. The molecule has 0 spiro atoms. The molecule has 3 N–H and O–H groups in total. The molecule has 0 atom stereocenters. The number of primary sulfonamides is 1. The number of fused-ring (bicyclic) bond motifs is 1. The van der Waals surface area contributed by atoms with E-state index in [9.17, 15) is 8.42 Å². The summed E-state index contributed by atoms with van der Waals surface area (Å²) >= 11 is 0. The summed E-state index contributed by atoms with van der Waals surface area (Å²) in [6.07, 6.45) is 3.21. The van der Waals surface area contributed by atoms with Crippen LogP contribution < -0.4 is 15.4 Å². The fraction of sp³-hybridized carbons (Fsp3) is 0.474. The molecular formula is C19H25N5O2S. The second kappa shape index (κ2) is 6.76. The normalized spacial score (nSPS) is 17.1. The third kappa shape index (κ3) is 4.06. The van der Waals surface area contributed by atoms with Crippen LogP contribution in [0.15, 0.2) is 29.2 Å². The quantitative estimate of drug-likeness (QED) is 0.817. The number of hydrogen-bond acceptors (Lipinski definition) is 6. The Balaban J connectivity index is 1.65. The number of aromatic nitrogens is 2. The SMILES string of the molecule is CC(C)c1nc(NC2CC2)cc(N2CCc3ccc(S(N)(=O)=O)cc3C2)n1. The van der Waals surface area contributed by atoms with Crippen LogP contribution in [0, 0.1) is 0 Å². The van der Waals surface area contributed by atoms with Crippen molar-refractivity contribution in [1.82, 2.24) is 9.97 Å². The summed E-state index contributed by atoms with van der Waals surface area (Å²) in [5, 5.41) is 8.76. The lowest BCUT2D eigenvalue weighted by Gasteiger charge is -2.30. The number of rotatable bonds is 5. The van der Waals surface area contributed by atoms with Gasteiger partial charge in [-0.05, 0) is 42.5 Å². The predicted molar refractivity (Wildman–Crippen MR) is 105 cm³/mol. The predicted octanol–water partition coefficient (Wildman–Crippen LogP) is 2.38. The molecule has 1 aromatic carbocycles. The zero-order chi connectivity index (χ0) is 19.2. The van der Waals surface area contributed by atoms with E-state index in [1.165, 1.54) is 12.8 Å². The number of anilines is 2. The molecule has 0 amide bonds. The van der Waals surface area contributed by atoms with Crippen molar-refractivity contribution in [2.45, 2.75) is 56.5 Å². The number of nitrogens with two attached hydrogens (primary N) is 1. The van der Waals surface area contributed by atoms with E-state index < -0.39 is 10.0 Å². The van der Waals surface area contributed by atoms with E-state index in [0.717, 1.165) is 41.6 Å². The minimum atomic E-state index is -3.70. The molecule has 4 rings (SSSR count). The van der Waals surface area contributed by atoms with Gasteiger partial charge in [0.05, 0.1) is 4.90 Å². The molecule has 1 aliphatic heterocycles. The Morgan fingerprint density at radius 2 is 1.96 bits per heavy atom. The molecule has 2 heterocycles. The number of benzene rings is 1. The third-order valence-electron chi connectivity index (χ3n) is 5.02. The smallest absolute Gasteiger partial charge is 0.238 e. The minimum absolute atomic E-state index is 0.157. The van der Waals surface area contributed by atoms with Gasteiger partial charge in [0.2, 0.25) is 10.0 Å². The molecule has 0 unspecified atom stereocenters. The van der Waals surface area contributed by atoms with Crippen LogP contribution in [-0.4, -0.2) is 31.0 Å². The van der Waals surface area contributed by atoms with Crippen molar-refractivity contribution in [3.05, 3.63) is 41.2 Å². The molecule has 0 saturated heterocycles. The molecule has 2 aliphatic rings. The van der Waals surface area contributed by atoms with Crippen LogP contribution in [0.3, 0.4) is 0 Å². The van der Waals surface area contributed by atoms with Crippen molar-refractivity contribution < 1.29 is 8.42 Å². The highest BCUT2D eigenvalue weighted by molar-refractivity contribution is 7.89. The van der Waals surface area contributed by atoms with Gasteiger partial charge in [-0.1, -0.05) is 19.9 Å². The van der Waals surface area contributed by atoms with Gasteiger partial charge >= 0.3 is 0 Å². The second-order valence-corrected chi connectivity index (χ2v) is 9.25. The molecule has 2 aromatic rings. The lowest BCUT2D eigenvalue weighted by atomic mass is 10.00. The first-order chi connectivity index (χ1) is 12.8. The lowest BCUT2D eigenvalue weighted by Crippen LogP contribution is -2.32. The van der Waals surface area contributed by atoms with Gasteiger partial charge < -0.3 is 10.2 Å². The summed E-state index contributed by atoms with van der Waals surface area (Å²) in [4.78, 5) is 11.8. The fourth-order valence-corrected chi connectivity index (χ4v) is 3.85. The monoisotopic (exact) mass is 387 g/mol. The van der Waals surface area contributed by atoms with Crippen molar-refractivity contribution in [3.8, 4) is 0 Å². The van der Waals surface area contributed by atoms with Crippen molar-refractivity contribution in [2.24, 2.45) is 5.14 Å². The maximum atomic E-state index is 11.7. The van der Waals surface area contributed by atoms with Gasteiger partial charge in [-0.3, -0.25) is 0 Å². The number of nitrogens with one attached hydrogen (secondary N) is 1. The van der Waals surface area contributed by atoms with Crippen LogP contribution in [0.1, 0.15) is 49.6 Å². The molecule has 1 saturated carbocycles. The van der Waals surface area contributed by atoms with Crippen LogP contribution in [0.25, 0.3) is 0 Å². The highest BCUT2D eigenvalue weighted by Crippen LogP contribution is 2.29. The Kier molecular flexibility index (Phi) is 4.55. The van der Waals surface area contributed by atoms with E-state index in [4.69, 9.17) is 10.1 Å². The van der Waals surface area contributed by atoms with E-state index in [1.54, 1.807) is 12.1 Å². The standard InChI is InChI=1S/C19H25N5O2S/c1-12(2)19-22-17(21-15-4-5-15)10-18(23-19)24-8-7-13-3-6-16(27(20,25)26)9-14(13)11-24/h3,6,9-10,12,15H,4-5,7-8,11H2,1-2H3,(H2,20,25,26)(H,21,22,23). The molecule has 144 valence electrons. The first-order valence-corrected chi connectivity index (χ1v) is 10.9. The van der Waals surface area contributed by atoms with Gasteiger partial charge in [-0.15, -0.1) is 0 Å². The van der Waals surface area contributed by atoms with E-state index in [1.807, 2.05) is 12.1 Å². The number of sulfonamides is 1. The Morgan fingerprint density at radius 3 is 2.63 bits per heavy atom. The summed E-state index contributed by atoms with van der Waals surface area (Å²) < 4.78 is 23.4. The Morgan fingerprint density at radius 1 is 1.19 bits per heavy atom. The van der Waals surface area contributed by atoms with Gasteiger partial charge in [0.15, 0.2) is 0 Å². The van der Waals surface area contributed by atoms with Gasteiger partial charge in [-0.25, -0.2) is 23.5 Å². The highest BCUT2D eigenvalue weighted by Gasteiger charge is 2.24. The third-order valence-corrected chi connectivity index (χ3v) is 5.93. The van der Waals surface area contributed by atoms with E-state index in [0.29, 0.717) is 12.6 Å². The van der Waals surface area contributed by atoms with E-state index in [-0.39, 0.29) is 10.8 Å². The summed E-state index contributed by atoms with van der Waals surface area (Å²) in [5.41, 5.74) is 2.14. The Labute approximate surface area is 160 Å². The average Bonchev–Trinajstić information content (AvgIpc) is 3.43. The van der Waals surface area contributed by atoms with Crippen molar-refractivity contribution in [1.29, 1.82) is 0 Å². The second-order valence-electron chi connectivity index (χ2n) is 7.69. The van der Waals surface area contributed by atoms with Gasteiger partial charge in [0.1, 0.15) is 17.5 Å². The first-order valence-electron chi connectivity index (χ1n) is 9.34. The summed E-state index contributed by atoms with van der Waals surface area (Å²) in [7, 11) is -3.70. The summed E-state index contributed by atoms with van der Waals surface area (Å²) in [5.74, 6) is 2.80. The van der Waals surface area contributed by atoms with Crippen LogP contribution in [0.5, 0.6) is 0 Å². The van der Waals surface area contributed by atoms with Crippen molar-refractivity contribution in [3.63, 3.8) is 0 Å². The highest BCUT2D eigenvalue weighted by atomic mass is 32.2. The van der Waals surface area contributed by atoms with Crippen LogP contribution >= 0.6 is 0 Å². The maximum absolute atomic E-state index is 11.7. The summed E-state index contributed by atoms with van der Waals surface area (Å²) in [6, 6.07) is 7.66. The lowest BCUT2D eigenvalue weighted by molar-refractivity contribution is 0.597. The zero-order valence-electron chi connectivity index (χ0n) is 15.6. The minimum Gasteiger partial charge on any atom is -0.367 e. The fourth-order valence-electron chi connectivity index (χ4n) is 3.29. The molecule has 27 heavy (non-hydrogen) atoms. The Bertz CT molecular complexity index is 970. The first kappa shape index (κ1) is 18.2. The van der Waals surface area contributed by atoms with Crippen LogP contribution in [-0.2, 0) is 23.0 Å². The van der Waals surface area contributed by atoms with Crippen molar-refractivity contribution in [2.75, 3.05) is 16.8 Å². The van der Waals surface area contributed by atoms with Crippen LogP contribution in [0.2, 0.25) is 0 Å². The maximum Gasteiger partial charge on any atom is 0.238 e. The molecule has 1 aliphatic carbocycles. The topological polar surface area (TPSA) is 101 Å². The molecule has 1 fully saturated rings. The zero-order valence-corrected chi connectivity index (χ0v) is 16.5. The van der Waals surface area contributed by atoms with E-state index >= 15 is 0 Å². The molecule has 1 aromatic heterocycles. The van der Waals surface area contributed by atoms with Gasteiger partial charge in [0.25, 0.3) is 0 Å². The van der Waals surface area contributed by atoms with Gasteiger partial charge in [-0.2, -0.15) is 0 Å².